The van der Waals surface area contributed by atoms with E-state index >= 15 is 0 Å². The molecule has 1 unspecified atom stereocenters. The number of rotatable bonds is 7. The van der Waals surface area contributed by atoms with Gasteiger partial charge in [0, 0.05) is 17.9 Å². The fraction of sp³-hybridized carbons (Fsp3) is 0.222. The second kappa shape index (κ2) is 8.38. The number of benzene rings is 2. The molecule has 1 atom stereocenters. The van der Waals surface area contributed by atoms with Crippen LogP contribution in [0.25, 0.3) is 0 Å². The van der Waals surface area contributed by atoms with Crippen LogP contribution in [0.15, 0.2) is 48.5 Å². The van der Waals surface area contributed by atoms with Gasteiger partial charge in [0.2, 0.25) is 0 Å². The summed E-state index contributed by atoms with van der Waals surface area (Å²) >= 11 is 0. The van der Waals surface area contributed by atoms with Crippen molar-refractivity contribution in [2.75, 3.05) is 18.1 Å². The summed E-state index contributed by atoms with van der Waals surface area (Å²) in [5, 5.41) is 3.37. The van der Waals surface area contributed by atoms with Gasteiger partial charge in [-0.3, -0.25) is 0 Å². The first-order chi connectivity index (χ1) is 10.7. The molecule has 2 aromatic rings. The normalized spacial score (nSPS) is 11.6. The zero-order chi connectivity index (χ0) is 15.8. The number of hydrogen-bond donors (Lipinski definition) is 2. The van der Waals surface area contributed by atoms with Gasteiger partial charge in [-0.2, -0.15) is 0 Å². The number of terminal acetylenes is 1. The molecule has 0 aromatic heterocycles. The lowest BCUT2D eigenvalue weighted by molar-refractivity contribution is 0.677. The summed E-state index contributed by atoms with van der Waals surface area (Å²) in [5.74, 6) is 3.30. The standard InChI is InChI=1S/C18H20N2OS/c1-3-17-13-15(11-12-22(21)19-2)9-10-18(17)20-14-16-7-5-4-6-8-16/h1,4-10,13,19-20H,11-12,14H2,2H3. The monoisotopic (exact) mass is 312 g/mol. The highest BCUT2D eigenvalue weighted by atomic mass is 32.2. The summed E-state index contributed by atoms with van der Waals surface area (Å²) in [6, 6.07) is 16.2. The summed E-state index contributed by atoms with van der Waals surface area (Å²) in [4.78, 5) is 0. The van der Waals surface area contributed by atoms with Crippen LogP contribution in [-0.4, -0.2) is 17.0 Å². The predicted molar refractivity (Wildman–Crippen MR) is 93.9 cm³/mol. The van der Waals surface area contributed by atoms with Crippen LogP contribution in [0.3, 0.4) is 0 Å². The van der Waals surface area contributed by atoms with E-state index in [-0.39, 0.29) is 0 Å². The van der Waals surface area contributed by atoms with Crippen molar-refractivity contribution >= 4 is 16.7 Å². The van der Waals surface area contributed by atoms with Gasteiger partial charge in [-0.15, -0.1) is 6.42 Å². The van der Waals surface area contributed by atoms with Crippen LogP contribution in [0.2, 0.25) is 0 Å². The second-order valence-corrected chi connectivity index (χ2v) is 6.37. The fourth-order valence-corrected chi connectivity index (χ4v) is 2.75. The summed E-state index contributed by atoms with van der Waals surface area (Å²) in [5.41, 5.74) is 4.09. The third-order valence-electron chi connectivity index (χ3n) is 3.37. The highest BCUT2D eigenvalue weighted by molar-refractivity contribution is 7.82. The van der Waals surface area contributed by atoms with Gasteiger partial charge in [-0.1, -0.05) is 42.3 Å². The molecule has 0 saturated heterocycles. The molecule has 0 spiro atoms. The minimum absolute atomic E-state index is 0.581. The van der Waals surface area contributed by atoms with Crippen molar-refractivity contribution in [2.45, 2.75) is 13.0 Å². The van der Waals surface area contributed by atoms with E-state index in [1.54, 1.807) is 7.05 Å². The summed E-state index contributed by atoms with van der Waals surface area (Å²) < 4.78 is 14.1. The molecule has 0 aliphatic heterocycles. The third kappa shape index (κ3) is 4.73. The van der Waals surface area contributed by atoms with Crippen molar-refractivity contribution in [1.82, 2.24) is 4.72 Å². The van der Waals surface area contributed by atoms with Crippen molar-refractivity contribution in [1.29, 1.82) is 0 Å². The Morgan fingerprint density at radius 2 is 1.91 bits per heavy atom. The van der Waals surface area contributed by atoms with E-state index in [1.807, 2.05) is 36.4 Å². The third-order valence-corrected chi connectivity index (χ3v) is 4.40. The van der Waals surface area contributed by atoms with Gasteiger partial charge >= 0.3 is 0 Å². The highest BCUT2D eigenvalue weighted by Gasteiger charge is 2.04. The molecule has 3 nitrogen and oxygen atoms in total. The zero-order valence-corrected chi connectivity index (χ0v) is 13.5. The number of hydrogen-bond acceptors (Lipinski definition) is 2. The summed E-state index contributed by atoms with van der Waals surface area (Å²) in [6.07, 6.45) is 6.35. The molecule has 0 radical (unpaired) electrons. The molecule has 0 saturated carbocycles. The first kappa shape index (κ1) is 16.3. The smallest absolute Gasteiger partial charge is 0.0916 e. The maximum atomic E-state index is 11.4. The maximum Gasteiger partial charge on any atom is 0.0916 e. The molecular formula is C18H20N2OS. The van der Waals surface area contributed by atoms with E-state index in [0.29, 0.717) is 5.75 Å². The van der Waals surface area contributed by atoms with E-state index in [2.05, 4.69) is 28.1 Å². The minimum Gasteiger partial charge on any atom is -0.380 e. The zero-order valence-electron chi connectivity index (χ0n) is 12.6. The Bertz CT molecular complexity index is 677. The molecule has 4 heteroatoms. The Morgan fingerprint density at radius 1 is 1.14 bits per heavy atom. The van der Waals surface area contributed by atoms with Crippen LogP contribution in [0, 0.1) is 12.3 Å². The molecule has 0 fully saturated rings. The Morgan fingerprint density at radius 3 is 2.59 bits per heavy atom. The average molecular weight is 312 g/mol. The lowest BCUT2D eigenvalue weighted by Gasteiger charge is -2.11. The second-order valence-electron chi connectivity index (χ2n) is 4.87. The molecule has 0 amide bonds. The molecule has 2 N–H and O–H groups in total. The Balaban J connectivity index is 2.03. The topological polar surface area (TPSA) is 41.1 Å². The van der Waals surface area contributed by atoms with Crippen LogP contribution >= 0.6 is 0 Å². The predicted octanol–water partition coefficient (Wildman–Crippen LogP) is 2.71. The van der Waals surface area contributed by atoms with E-state index in [9.17, 15) is 4.21 Å². The van der Waals surface area contributed by atoms with Gasteiger partial charge in [0.15, 0.2) is 0 Å². The van der Waals surface area contributed by atoms with E-state index in [0.717, 1.165) is 29.8 Å². The van der Waals surface area contributed by atoms with Crippen LogP contribution in [-0.2, 0) is 24.0 Å². The van der Waals surface area contributed by atoms with Gasteiger partial charge in [-0.25, -0.2) is 8.93 Å². The van der Waals surface area contributed by atoms with Gasteiger partial charge in [0.25, 0.3) is 0 Å². The minimum atomic E-state index is -0.987. The lowest BCUT2D eigenvalue weighted by Crippen LogP contribution is -2.15. The van der Waals surface area contributed by atoms with E-state index < -0.39 is 11.0 Å². The molecule has 22 heavy (non-hydrogen) atoms. The van der Waals surface area contributed by atoms with Crippen molar-refractivity contribution in [2.24, 2.45) is 0 Å². The van der Waals surface area contributed by atoms with Crippen LogP contribution < -0.4 is 10.0 Å². The fourth-order valence-electron chi connectivity index (χ4n) is 2.13. The van der Waals surface area contributed by atoms with Crippen molar-refractivity contribution in [3.63, 3.8) is 0 Å². The Labute approximate surface area is 134 Å². The first-order valence-electron chi connectivity index (χ1n) is 7.16. The van der Waals surface area contributed by atoms with Crippen molar-refractivity contribution < 1.29 is 4.21 Å². The van der Waals surface area contributed by atoms with Gasteiger partial charge < -0.3 is 5.32 Å². The van der Waals surface area contributed by atoms with Gasteiger partial charge in [-0.05, 0) is 36.7 Å². The molecular weight excluding hydrogens is 292 g/mol. The number of anilines is 1. The Kier molecular flexibility index (Phi) is 6.20. The van der Waals surface area contributed by atoms with Gasteiger partial charge in [0.05, 0.1) is 16.7 Å². The Hall–Kier alpha value is -2.09. The van der Waals surface area contributed by atoms with Crippen molar-refractivity contribution in [3.05, 3.63) is 65.2 Å². The number of nitrogens with one attached hydrogen (secondary N) is 2. The number of aryl methyl sites for hydroxylation is 1. The quantitative estimate of drug-likeness (QED) is 0.772. The molecule has 0 bridgehead atoms. The lowest BCUT2D eigenvalue weighted by atomic mass is 10.1. The first-order valence-corrected chi connectivity index (χ1v) is 8.48. The molecule has 0 aliphatic carbocycles. The molecule has 2 aromatic carbocycles. The molecule has 0 heterocycles. The molecule has 114 valence electrons. The van der Waals surface area contributed by atoms with Gasteiger partial charge in [0.1, 0.15) is 0 Å². The van der Waals surface area contributed by atoms with Crippen LogP contribution in [0.1, 0.15) is 16.7 Å². The largest absolute Gasteiger partial charge is 0.380 e. The van der Waals surface area contributed by atoms with Crippen LogP contribution in [0.4, 0.5) is 5.69 Å². The van der Waals surface area contributed by atoms with Crippen LogP contribution in [0.5, 0.6) is 0 Å². The SMILES string of the molecule is C#Cc1cc(CCS(=O)NC)ccc1NCc1ccccc1. The maximum absolute atomic E-state index is 11.4. The molecule has 2 rings (SSSR count). The summed E-state index contributed by atoms with van der Waals surface area (Å²) in [7, 11) is 0.707. The highest BCUT2D eigenvalue weighted by Crippen LogP contribution is 2.18. The molecule has 0 aliphatic rings. The van der Waals surface area contributed by atoms with Crippen molar-refractivity contribution in [3.8, 4) is 12.3 Å². The average Bonchev–Trinajstić information content (AvgIpc) is 2.58. The van der Waals surface area contributed by atoms with E-state index in [4.69, 9.17) is 6.42 Å². The van der Waals surface area contributed by atoms with E-state index in [1.165, 1.54) is 5.56 Å². The summed E-state index contributed by atoms with van der Waals surface area (Å²) in [6.45, 7) is 0.735.